The summed E-state index contributed by atoms with van der Waals surface area (Å²) >= 11 is 0. The molecular weight excluding hydrogens is 517 g/mol. The fourth-order valence-electron chi connectivity index (χ4n) is 8.37. The molecule has 6 aromatic rings. The van der Waals surface area contributed by atoms with Crippen molar-refractivity contribution >= 4 is 29.1 Å². The highest BCUT2D eigenvalue weighted by Gasteiger charge is 2.39. The van der Waals surface area contributed by atoms with Gasteiger partial charge < -0.3 is 4.98 Å². The molecule has 1 aromatic heterocycles. The van der Waals surface area contributed by atoms with Crippen LogP contribution in [-0.4, -0.2) is 12.3 Å². The number of aromatic nitrogens is 1. The minimum absolute atomic E-state index is 0.0415. The van der Waals surface area contributed by atoms with Gasteiger partial charge in [0.05, 0.1) is 11.2 Å². The molecule has 2 heterocycles. The minimum Gasteiger partial charge on any atom is -0.354 e. The fourth-order valence-corrected chi connectivity index (χ4v) is 8.37. The van der Waals surface area contributed by atoms with Crippen LogP contribution in [0.4, 0.5) is 0 Å². The topological polar surface area (TPSA) is 15.8 Å². The van der Waals surface area contributed by atoms with Crippen molar-refractivity contribution in [2.45, 2.75) is 58.8 Å². The predicted molar refractivity (Wildman–Crippen MR) is 184 cm³/mol. The third kappa shape index (κ3) is 3.72. The van der Waals surface area contributed by atoms with Crippen molar-refractivity contribution in [1.82, 2.24) is 4.98 Å². The van der Waals surface area contributed by atoms with Gasteiger partial charge in [0.25, 0.3) is 0 Å². The van der Waals surface area contributed by atoms with Crippen LogP contribution in [0.15, 0.2) is 97.1 Å². The largest absolute Gasteiger partial charge is 0.354 e. The molecule has 1 nitrogen and oxygen atoms in total. The first kappa shape index (κ1) is 26.3. The monoisotopic (exact) mass is 554 g/mol. The van der Waals surface area contributed by atoms with E-state index in [9.17, 15) is 0 Å². The lowest BCUT2D eigenvalue weighted by Crippen LogP contribution is -2.41. The number of benzene rings is 5. The SMILES string of the molecule is Cc1cc2c(c(-c3cccc4c5c([nH]c34)-c3ccccc3C5(C)C)c1)[B]c1cccc(C(C)(C)c3ccccc3C)c1C2. The van der Waals surface area contributed by atoms with Crippen LogP contribution in [0, 0.1) is 13.8 Å². The van der Waals surface area contributed by atoms with Crippen LogP contribution in [0.25, 0.3) is 33.3 Å². The number of rotatable bonds is 3. The minimum atomic E-state index is -0.0891. The Morgan fingerprint density at radius 1 is 0.744 bits per heavy atom. The van der Waals surface area contributed by atoms with Gasteiger partial charge in [0.2, 0.25) is 0 Å². The van der Waals surface area contributed by atoms with E-state index in [0.717, 1.165) is 6.42 Å². The molecule has 0 amide bonds. The van der Waals surface area contributed by atoms with Gasteiger partial charge in [-0.15, -0.1) is 0 Å². The number of H-pyrrole nitrogens is 1. The molecule has 0 spiro atoms. The molecule has 209 valence electrons. The lowest BCUT2D eigenvalue weighted by Gasteiger charge is -2.33. The van der Waals surface area contributed by atoms with Crippen molar-refractivity contribution in [2.24, 2.45) is 0 Å². The van der Waals surface area contributed by atoms with Crippen molar-refractivity contribution in [3.05, 3.63) is 142 Å². The van der Waals surface area contributed by atoms with E-state index < -0.39 is 0 Å². The summed E-state index contributed by atoms with van der Waals surface area (Å²) in [6.07, 6.45) is 0.943. The van der Waals surface area contributed by atoms with E-state index in [1.165, 1.54) is 88.7 Å². The van der Waals surface area contributed by atoms with E-state index in [2.05, 4.69) is 151 Å². The number of aryl methyl sites for hydroxylation is 2. The summed E-state index contributed by atoms with van der Waals surface area (Å²) in [6.45, 7) is 14.0. The molecule has 2 heteroatoms. The summed E-state index contributed by atoms with van der Waals surface area (Å²) in [5.41, 5.74) is 20.2. The van der Waals surface area contributed by atoms with Gasteiger partial charge in [-0.1, -0.05) is 141 Å². The van der Waals surface area contributed by atoms with Crippen molar-refractivity contribution in [3.63, 3.8) is 0 Å². The summed E-state index contributed by atoms with van der Waals surface area (Å²) in [5.74, 6) is 0. The van der Waals surface area contributed by atoms with Crippen LogP contribution >= 0.6 is 0 Å². The van der Waals surface area contributed by atoms with E-state index in [-0.39, 0.29) is 10.8 Å². The zero-order valence-corrected chi connectivity index (χ0v) is 26.0. The molecule has 1 N–H and O–H groups in total. The number of fused-ring (bicyclic) bond motifs is 7. The molecule has 0 unspecified atom stereocenters. The average molecular weight is 555 g/mol. The van der Waals surface area contributed by atoms with E-state index in [0.29, 0.717) is 0 Å². The molecule has 0 saturated carbocycles. The Morgan fingerprint density at radius 3 is 2.30 bits per heavy atom. The van der Waals surface area contributed by atoms with Gasteiger partial charge in [-0.25, -0.2) is 0 Å². The third-order valence-electron chi connectivity index (χ3n) is 10.4. The Balaban J connectivity index is 1.29. The highest BCUT2D eigenvalue weighted by atomic mass is 14.8. The molecule has 2 aliphatic rings. The zero-order valence-electron chi connectivity index (χ0n) is 26.0. The molecular formula is C41H37BN. The van der Waals surface area contributed by atoms with Gasteiger partial charge in [0.15, 0.2) is 7.28 Å². The standard InChI is InChI=1S/C41H37BN/c1-24-21-26-23-31-34(40(3,4)32-17-9-7-13-25(32)2)19-12-20-35(31)42-37(26)30(22-24)27-15-11-16-29-36-39(43-38(27)29)28-14-8-10-18-33(28)41(36,5)6/h7-22,43H,23H2,1-6H3. The van der Waals surface area contributed by atoms with Gasteiger partial charge in [-0.3, -0.25) is 0 Å². The Kier molecular flexibility index (Phi) is 5.58. The number of hydrogen-bond acceptors (Lipinski definition) is 0. The normalized spacial score (nSPS) is 14.6. The van der Waals surface area contributed by atoms with Crippen LogP contribution < -0.4 is 10.9 Å². The second-order valence-corrected chi connectivity index (χ2v) is 13.8. The second-order valence-electron chi connectivity index (χ2n) is 13.8. The van der Waals surface area contributed by atoms with Gasteiger partial charge in [-0.05, 0) is 64.8 Å². The Bertz CT molecular complexity index is 2110. The highest BCUT2D eigenvalue weighted by Crippen LogP contribution is 2.52. The van der Waals surface area contributed by atoms with Gasteiger partial charge >= 0.3 is 0 Å². The first-order chi connectivity index (χ1) is 20.7. The lowest BCUT2D eigenvalue weighted by molar-refractivity contribution is 0.629. The molecule has 43 heavy (non-hydrogen) atoms. The Morgan fingerprint density at radius 2 is 1.47 bits per heavy atom. The maximum absolute atomic E-state index is 3.94. The highest BCUT2D eigenvalue weighted by molar-refractivity contribution is 6.70. The first-order valence-electron chi connectivity index (χ1n) is 15.6. The van der Waals surface area contributed by atoms with Crippen molar-refractivity contribution in [3.8, 4) is 22.4 Å². The number of aromatic amines is 1. The van der Waals surface area contributed by atoms with E-state index >= 15 is 0 Å². The van der Waals surface area contributed by atoms with Crippen LogP contribution in [-0.2, 0) is 17.3 Å². The van der Waals surface area contributed by atoms with E-state index in [1.807, 2.05) is 0 Å². The summed E-state index contributed by atoms with van der Waals surface area (Å²) in [6, 6.07) is 36.3. The summed E-state index contributed by atoms with van der Waals surface area (Å²) < 4.78 is 0. The predicted octanol–water partition coefficient (Wildman–Crippen LogP) is 8.64. The third-order valence-corrected chi connectivity index (χ3v) is 10.4. The van der Waals surface area contributed by atoms with Crippen LogP contribution in [0.2, 0.25) is 0 Å². The van der Waals surface area contributed by atoms with Gasteiger partial charge in [0, 0.05) is 27.3 Å². The molecule has 0 fully saturated rings. The zero-order chi connectivity index (χ0) is 29.7. The van der Waals surface area contributed by atoms with Crippen molar-refractivity contribution < 1.29 is 0 Å². The van der Waals surface area contributed by atoms with Crippen LogP contribution in [0.3, 0.4) is 0 Å². The van der Waals surface area contributed by atoms with Gasteiger partial charge in [-0.2, -0.15) is 0 Å². The van der Waals surface area contributed by atoms with E-state index in [4.69, 9.17) is 0 Å². The molecule has 1 aliphatic heterocycles. The lowest BCUT2D eigenvalue weighted by atomic mass is 9.53. The van der Waals surface area contributed by atoms with Crippen LogP contribution in [0.5, 0.6) is 0 Å². The quantitative estimate of drug-likeness (QED) is 0.211. The Labute approximate surface area is 256 Å². The second kappa shape index (κ2) is 9.10. The molecule has 8 rings (SSSR count). The summed E-state index contributed by atoms with van der Waals surface area (Å²) in [4.78, 5) is 3.94. The van der Waals surface area contributed by atoms with E-state index in [1.54, 1.807) is 0 Å². The molecule has 1 aliphatic carbocycles. The van der Waals surface area contributed by atoms with Crippen molar-refractivity contribution in [2.75, 3.05) is 0 Å². The van der Waals surface area contributed by atoms with Crippen LogP contribution in [0.1, 0.15) is 72.2 Å². The summed E-state index contributed by atoms with van der Waals surface area (Å²) in [7, 11) is 2.45. The summed E-state index contributed by atoms with van der Waals surface area (Å²) in [5, 5.41) is 1.34. The van der Waals surface area contributed by atoms with Crippen molar-refractivity contribution in [1.29, 1.82) is 0 Å². The fraction of sp³-hybridized carbons (Fsp3) is 0.220. The molecule has 0 atom stereocenters. The average Bonchev–Trinajstić information content (AvgIpc) is 3.49. The molecule has 1 radical (unpaired) electrons. The number of para-hydroxylation sites is 1. The maximum atomic E-state index is 3.94. The Hall–Kier alpha value is -4.30. The first-order valence-corrected chi connectivity index (χ1v) is 15.6. The molecule has 5 aromatic carbocycles. The smallest absolute Gasteiger partial charge is 0.192 e. The molecule has 0 bridgehead atoms. The van der Waals surface area contributed by atoms with Gasteiger partial charge in [0.1, 0.15) is 0 Å². The maximum Gasteiger partial charge on any atom is 0.192 e. The number of nitrogens with one attached hydrogen (secondary N) is 1. The number of hydrogen-bond donors (Lipinski definition) is 1. The molecule has 0 saturated heterocycles.